The van der Waals surface area contributed by atoms with Crippen LogP contribution < -0.4 is 9.62 Å². The Morgan fingerprint density at radius 3 is 2.56 bits per heavy atom. The van der Waals surface area contributed by atoms with Crippen molar-refractivity contribution >= 4 is 39.1 Å². The number of aryl methyl sites for hydroxylation is 1. The van der Waals surface area contributed by atoms with Crippen LogP contribution in [0.15, 0.2) is 48.5 Å². The second-order valence-corrected chi connectivity index (χ2v) is 8.58. The molecule has 0 bridgehead atoms. The van der Waals surface area contributed by atoms with Crippen molar-refractivity contribution in [2.45, 2.75) is 19.3 Å². The predicted molar refractivity (Wildman–Crippen MR) is 104 cm³/mol. The molecule has 0 atom stereocenters. The zero-order chi connectivity index (χ0) is 19.4. The van der Waals surface area contributed by atoms with E-state index >= 15 is 0 Å². The molecule has 2 aromatic carbocycles. The van der Waals surface area contributed by atoms with Gasteiger partial charge in [0.15, 0.2) is 0 Å². The predicted octanol–water partition coefficient (Wildman–Crippen LogP) is 2.77. The van der Waals surface area contributed by atoms with Crippen LogP contribution in [-0.2, 0) is 21.2 Å². The van der Waals surface area contributed by atoms with Gasteiger partial charge in [-0.15, -0.1) is 0 Å². The van der Waals surface area contributed by atoms with Gasteiger partial charge in [0.1, 0.15) is 0 Å². The summed E-state index contributed by atoms with van der Waals surface area (Å²) in [5, 5.41) is 2.98. The van der Waals surface area contributed by atoms with Crippen molar-refractivity contribution in [1.29, 1.82) is 0 Å². The number of hydrogen-bond acceptors (Lipinski definition) is 4. The van der Waals surface area contributed by atoms with Gasteiger partial charge >= 0.3 is 0 Å². The highest BCUT2D eigenvalue weighted by molar-refractivity contribution is 7.94. The van der Waals surface area contributed by atoms with E-state index < -0.39 is 21.8 Å². The smallest absolute Gasteiger partial charge is 0.252 e. The SMILES string of the molecule is O=C(NCCCc1ccccc1)c1cc(N2C(=O)CCS2(=O)=O)ccc1Cl. The second-order valence-electron chi connectivity index (χ2n) is 6.23. The van der Waals surface area contributed by atoms with E-state index in [4.69, 9.17) is 11.6 Å². The molecule has 0 unspecified atom stereocenters. The molecule has 2 aromatic rings. The minimum Gasteiger partial charge on any atom is -0.352 e. The van der Waals surface area contributed by atoms with Gasteiger partial charge in [-0.3, -0.25) is 9.59 Å². The number of carbonyl (C=O) groups is 2. The van der Waals surface area contributed by atoms with Gasteiger partial charge in [0, 0.05) is 13.0 Å². The zero-order valence-electron chi connectivity index (χ0n) is 14.5. The molecule has 1 fully saturated rings. The summed E-state index contributed by atoms with van der Waals surface area (Å²) in [5.41, 5.74) is 1.46. The normalized spacial score (nSPS) is 15.7. The summed E-state index contributed by atoms with van der Waals surface area (Å²) >= 11 is 6.10. The number of sulfonamides is 1. The Morgan fingerprint density at radius 2 is 1.89 bits per heavy atom. The van der Waals surface area contributed by atoms with Gasteiger partial charge < -0.3 is 5.32 Å². The number of benzene rings is 2. The highest BCUT2D eigenvalue weighted by Gasteiger charge is 2.36. The van der Waals surface area contributed by atoms with Crippen molar-refractivity contribution in [2.24, 2.45) is 0 Å². The van der Waals surface area contributed by atoms with Crippen LogP contribution in [0, 0.1) is 0 Å². The number of amides is 2. The Kier molecular flexibility index (Phi) is 5.82. The van der Waals surface area contributed by atoms with E-state index in [1.807, 2.05) is 30.3 Å². The maximum atomic E-state index is 12.4. The molecule has 8 heteroatoms. The number of anilines is 1. The first-order valence-electron chi connectivity index (χ1n) is 8.56. The maximum Gasteiger partial charge on any atom is 0.252 e. The highest BCUT2D eigenvalue weighted by Crippen LogP contribution is 2.29. The number of halogens is 1. The number of nitrogens with zero attached hydrogens (tertiary/aromatic N) is 1. The van der Waals surface area contributed by atoms with Crippen LogP contribution in [0.4, 0.5) is 5.69 Å². The third-order valence-electron chi connectivity index (χ3n) is 4.28. The first-order chi connectivity index (χ1) is 12.9. The largest absolute Gasteiger partial charge is 0.352 e. The minimum atomic E-state index is -3.69. The fourth-order valence-electron chi connectivity index (χ4n) is 2.92. The molecule has 2 amide bonds. The molecular weight excluding hydrogens is 388 g/mol. The Bertz CT molecular complexity index is 961. The van der Waals surface area contributed by atoms with Gasteiger partial charge in [0.05, 0.1) is 22.0 Å². The van der Waals surface area contributed by atoms with Crippen molar-refractivity contribution in [3.63, 3.8) is 0 Å². The lowest BCUT2D eigenvalue weighted by Gasteiger charge is -2.16. The lowest BCUT2D eigenvalue weighted by atomic mass is 10.1. The molecule has 1 aliphatic heterocycles. The molecule has 1 N–H and O–H groups in total. The molecule has 6 nitrogen and oxygen atoms in total. The standard InChI is InChI=1S/C19H19ClN2O4S/c20-17-9-8-15(22-18(23)10-12-27(22,25)26)13-16(17)19(24)21-11-4-7-14-5-2-1-3-6-14/h1-3,5-6,8-9,13H,4,7,10-12H2,(H,21,24). The molecule has 0 radical (unpaired) electrons. The van der Waals surface area contributed by atoms with E-state index in [9.17, 15) is 18.0 Å². The molecule has 3 rings (SSSR count). The van der Waals surface area contributed by atoms with Crippen molar-refractivity contribution in [2.75, 3.05) is 16.6 Å². The number of carbonyl (C=O) groups excluding carboxylic acids is 2. The van der Waals surface area contributed by atoms with E-state index in [0.717, 1.165) is 17.1 Å². The Balaban J connectivity index is 1.67. The summed E-state index contributed by atoms with van der Waals surface area (Å²) in [4.78, 5) is 24.4. The molecule has 1 aliphatic rings. The average Bonchev–Trinajstić information content (AvgIpc) is 2.93. The van der Waals surface area contributed by atoms with Crippen molar-refractivity contribution in [3.8, 4) is 0 Å². The first kappa shape index (κ1) is 19.4. The highest BCUT2D eigenvalue weighted by atomic mass is 35.5. The van der Waals surface area contributed by atoms with Gasteiger partial charge in [-0.1, -0.05) is 41.9 Å². The van der Waals surface area contributed by atoms with Crippen LogP contribution in [-0.4, -0.2) is 32.5 Å². The molecule has 142 valence electrons. The second kappa shape index (κ2) is 8.10. The fraction of sp³-hybridized carbons (Fsp3) is 0.263. The van der Waals surface area contributed by atoms with E-state index in [1.165, 1.54) is 23.8 Å². The maximum absolute atomic E-state index is 12.4. The Morgan fingerprint density at radius 1 is 1.15 bits per heavy atom. The average molecular weight is 407 g/mol. The minimum absolute atomic E-state index is 0.0635. The summed E-state index contributed by atoms with van der Waals surface area (Å²) in [7, 11) is -3.69. The molecule has 1 heterocycles. The van der Waals surface area contributed by atoms with Crippen LogP contribution in [0.1, 0.15) is 28.8 Å². The zero-order valence-corrected chi connectivity index (χ0v) is 16.1. The number of nitrogens with one attached hydrogen (secondary N) is 1. The van der Waals surface area contributed by atoms with Gasteiger partial charge in [-0.2, -0.15) is 0 Å². The van der Waals surface area contributed by atoms with E-state index in [1.54, 1.807) is 0 Å². The molecule has 0 spiro atoms. The van der Waals surface area contributed by atoms with Crippen molar-refractivity contribution in [1.82, 2.24) is 5.32 Å². The molecule has 0 aliphatic carbocycles. The Hall–Kier alpha value is -2.38. The van der Waals surface area contributed by atoms with Crippen molar-refractivity contribution < 1.29 is 18.0 Å². The topological polar surface area (TPSA) is 83.6 Å². The van der Waals surface area contributed by atoms with E-state index in [-0.39, 0.29) is 28.4 Å². The molecule has 27 heavy (non-hydrogen) atoms. The van der Waals surface area contributed by atoms with Gasteiger partial charge in [-0.05, 0) is 36.6 Å². The third kappa shape index (κ3) is 4.48. The van der Waals surface area contributed by atoms with E-state index in [2.05, 4.69) is 5.32 Å². The number of rotatable bonds is 6. The summed E-state index contributed by atoms with van der Waals surface area (Å²) in [6, 6.07) is 14.1. The number of hydrogen-bond donors (Lipinski definition) is 1. The van der Waals surface area contributed by atoms with E-state index in [0.29, 0.717) is 6.54 Å². The quantitative estimate of drug-likeness (QED) is 0.747. The van der Waals surface area contributed by atoms with Crippen LogP contribution >= 0.6 is 11.6 Å². The van der Waals surface area contributed by atoms with Crippen molar-refractivity contribution in [3.05, 3.63) is 64.7 Å². The summed E-state index contributed by atoms with van der Waals surface area (Å²) in [5.74, 6) is -1.14. The van der Waals surface area contributed by atoms with Gasteiger partial charge in [0.2, 0.25) is 15.9 Å². The van der Waals surface area contributed by atoms with Gasteiger partial charge in [-0.25, -0.2) is 12.7 Å². The molecular formula is C19H19ClN2O4S. The first-order valence-corrected chi connectivity index (χ1v) is 10.5. The molecule has 0 aromatic heterocycles. The monoisotopic (exact) mass is 406 g/mol. The summed E-state index contributed by atoms with van der Waals surface area (Å²) in [6.07, 6.45) is 1.52. The Labute approximate surface area is 163 Å². The van der Waals surface area contributed by atoms with Crippen LogP contribution in [0.25, 0.3) is 0 Å². The van der Waals surface area contributed by atoms with Crippen LogP contribution in [0.2, 0.25) is 5.02 Å². The summed E-state index contributed by atoms with van der Waals surface area (Å²) < 4.78 is 24.9. The summed E-state index contributed by atoms with van der Waals surface area (Å²) in [6.45, 7) is 0.454. The fourth-order valence-corrected chi connectivity index (χ4v) is 4.57. The molecule has 0 saturated carbocycles. The molecule has 1 saturated heterocycles. The third-order valence-corrected chi connectivity index (χ3v) is 6.30. The lowest BCUT2D eigenvalue weighted by Crippen LogP contribution is -2.30. The van der Waals surface area contributed by atoms with Crippen LogP contribution in [0.3, 0.4) is 0 Å². The lowest BCUT2D eigenvalue weighted by molar-refractivity contribution is -0.116. The van der Waals surface area contributed by atoms with Crippen LogP contribution in [0.5, 0.6) is 0 Å². The van der Waals surface area contributed by atoms with Gasteiger partial charge in [0.25, 0.3) is 5.91 Å².